The van der Waals surface area contributed by atoms with Crippen LogP contribution in [0.2, 0.25) is 0 Å². The summed E-state index contributed by atoms with van der Waals surface area (Å²) >= 11 is 2.69. The maximum Gasteiger partial charge on any atom is 0.267 e. The third-order valence-corrected chi connectivity index (χ3v) is 10.0. The second-order valence-corrected chi connectivity index (χ2v) is 13.0. The second-order valence-electron chi connectivity index (χ2n) is 8.64. The molecular weight excluding hydrogens is 478 g/mol. The number of nitrogens with zero attached hydrogens (tertiary/aromatic N) is 3. The third kappa shape index (κ3) is 4.61. The fourth-order valence-corrected chi connectivity index (χ4v) is 7.83. The summed E-state index contributed by atoms with van der Waals surface area (Å²) in [7, 11) is -1.43. The van der Waals surface area contributed by atoms with E-state index in [0.29, 0.717) is 21.8 Å². The molecule has 4 rings (SSSR count). The van der Waals surface area contributed by atoms with E-state index in [1.54, 1.807) is 11.6 Å². The van der Waals surface area contributed by atoms with Crippen LogP contribution >= 0.6 is 23.1 Å². The minimum absolute atomic E-state index is 0.00502. The first-order chi connectivity index (χ1) is 15.5. The van der Waals surface area contributed by atoms with Crippen LogP contribution in [-0.2, 0) is 14.6 Å². The highest BCUT2D eigenvalue weighted by atomic mass is 32.2. The summed E-state index contributed by atoms with van der Waals surface area (Å²) in [5, 5.41) is 1.07. The summed E-state index contributed by atoms with van der Waals surface area (Å²) in [4.78, 5) is 34.6. The van der Waals surface area contributed by atoms with Gasteiger partial charge in [0, 0.05) is 18.0 Å². The molecule has 0 bridgehead atoms. The van der Waals surface area contributed by atoms with Crippen molar-refractivity contribution in [2.75, 3.05) is 24.3 Å². The first-order valence-electron chi connectivity index (χ1n) is 10.7. The Balaban J connectivity index is 1.73. The average Bonchev–Trinajstić information content (AvgIpc) is 3.26. The zero-order valence-corrected chi connectivity index (χ0v) is 21.8. The molecule has 33 heavy (non-hydrogen) atoms. The molecule has 2 aromatic heterocycles. The van der Waals surface area contributed by atoms with Crippen molar-refractivity contribution in [1.29, 1.82) is 0 Å². The van der Waals surface area contributed by atoms with E-state index in [1.807, 2.05) is 45.9 Å². The first-order valence-corrected chi connectivity index (χ1v) is 14.3. The minimum Gasteiger partial charge on any atom is -0.341 e. The normalized spacial score (nSPS) is 17.5. The number of hydrogen-bond acceptors (Lipinski definition) is 7. The van der Waals surface area contributed by atoms with Gasteiger partial charge < -0.3 is 4.90 Å². The maximum absolute atomic E-state index is 13.7. The van der Waals surface area contributed by atoms with Gasteiger partial charge in [0.1, 0.15) is 4.83 Å². The van der Waals surface area contributed by atoms with E-state index in [4.69, 9.17) is 4.98 Å². The van der Waals surface area contributed by atoms with Gasteiger partial charge in [-0.3, -0.25) is 14.2 Å². The highest BCUT2D eigenvalue weighted by molar-refractivity contribution is 7.99. The van der Waals surface area contributed by atoms with Crippen LogP contribution < -0.4 is 5.56 Å². The average molecular weight is 506 g/mol. The number of benzene rings is 1. The Kier molecular flexibility index (Phi) is 6.45. The molecule has 0 unspecified atom stereocenters. The number of rotatable bonds is 5. The van der Waals surface area contributed by atoms with Crippen molar-refractivity contribution in [1.82, 2.24) is 14.5 Å². The molecule has 0 radical (unpaired) electrons. The van der Waals surface area contributed by atoms with Crippen LogP contribution in [0.4, 0.5) is 0 Å². The predicted molar refractivity (Wildman–Crippen MR) is 135 cm³/mol. The van der Waals surface area contributed by atoms with E-state index < -0.39 is 9.84 Å². The topological polar surface area (TPSA) is 89.3 Å². The van der Waals surface area contributed by atoms with Gasteiger partial charge in [-0.25, -0.2) is 13.4 Å². The smallest absolute Gasteiger partial charge is 0.267 e. The lowest BCUT2D eigenvalue weighted by Gasteiger charge is -2.23. The van der Waals surface area contributed by atoms with Crippen LogP contribution in [0, 0.1) is 27.7 Å². The van der Waals surface area contributed by atoms with E-state index in [0.717, 1.165) is 27.3 Å². The molecule has 1 saturated heterocycles. The monoisotopic (exact) mass is 505 g/mol. The number of hydrogen-bond donors (Lipinski definition) is 0. The van der Waals surface area contributed by atoms with Gasteiger partial charge in [0.2, 0.25) is 5.91 Å². The minimum atomic E-state index is -3.08. The lowest BCUT2D eigenvalue weighted by Crippen LogP contribution is -2.39. The van der Waals surface area contributed by atoms with Crippen LogP contribution in [0.1, 0.15) is 28.0 Å². The maximum atomic E-state index is 13.7. The molecule has 1 aliphatic heterocycles. The molecule has 1 fully saturated rings. The third-order valence-electron chi connectivity index (χ3n) is 6.25. The van der Waals surface area contributed by atoms with Gasteiger partial charge in [-0.15, -0.1) is 11.3 Å². The number of fused-ring (bicyclic) bond motifs is 1. The van der Waals surface area contributed by atoms with Gasteiger partial charge in [-0.05, 0) is 56.9 Å². The van der Waals surface area contributed by atoms with E-state index in [9.17, 15) is 18.0 Å². The molecule has 7 nitrogen and oxygen atoms in total. The first kappa shape index (κ1) is 24.0. The van der Waals surface area contributed by atoms with Crippen molar-refractivity contribution in [3.8, 4) is 5.69 Å². The zero-order chi connectivity index (χ0) is 24.1. The van der Waals surface area contributed by atoms with Gasteiger partial charge in [-0.1, -0.05) is 23.9 Å². The van der Waals surface area contributed by atoms with E-state index in [2.05, 4.69) is 0 Å². The standard InChI is InChI=1S/C23H27N3O4S3/c1-13-6-7-14(2)18(10-13)26-22(28)20-15(3)16(4)32-21(20)24-23(26)31-11-19(27)25(5)17-8-9-33(29,30)12-17/h6-7,10,17H,8-9,11-12H2,1-5H3/t17-/m0/s1. The summed E-state index contributed by atoms with van der Waals surface area (Å²) in [6, 6.07) is 5.63. The number of carbonyl (C=O) groups excluding carboxylic acids is 1. The second kappa shape index (κ2) is 8.88. The van der Waals surface area contributed by atoms with Gasteiger partial charge in [0.25, 0.3) is 5.56 Å². The summed E-state index contributed by atoms with van der Waals surface area (Å²) < 4.78 is 25.2. The van der Waals surface area contributed by atoms with Crippen molar-refractivity contribution in [2.24, 2.45) is 0 Å². The van der Waals surface area contributed by atoms with Crippen LogP contribution in [-0.4, -0.2) is 59.1 Å². The Morgan fingerprint density at radius 2 is 2.00 bits per heavy atom. The van der Waals surface area contributed by atoms with E-state index in [1.165, 1.54) is 28.0 Å². The largest absolute Gasteiger partial charge is 0.341 e. The van der Waals surface area contributed by atoms with Gasteiger partial charge in [0.05, 0.1) is 28.3 Å². The lowest BCUT2D eigenvalue weighted by atomic mass is 10.1. The molecule has 0 aliphatic carbocycles. The Morgan fingerprint density at radius 1 is 1.27 bits per heavy atom. The molecule has 176 valence electrons. The Labute approximate surface area is 201 Å². The van der Waals surface area contributed by atoms with Crippen LogP contribution in [0.3, 0.4) is 0 Å². The number of thioether (sulfide) groups is 1. The number of carbonyl (C=O) groups is 1. The SMILES string of the molecule is Cc1ccc(C)c(-n2c(SCC(=O)N(C)[C@H]3CCS(=O)(=O)C3)nc3sc(C)c(C)c3c2=O)c1. The molecule has 0 spiro atoms. The Hall–Kier alpha value is -2.17. The molecule has 3 heterocycles. The summed E-state index contributed by atoms with van der Waals surface area (Å²) in [5.41, 5.74) is 3.51. The van der Waals surface area contributed by atoms with E-state index in [-0.39, 0.29) is 34.8 Å². The van der Waals surface area contributed by atoms with Crippen LogP contribution in [0.5, 0.6) is 0 Å². The highest BCUT2D eigenvalue weighted by Gasteiger charge is 2.32. The van der Waals surface area contributed by atoms with E-state index >= 15 is 0 Å². The van der Waals surface area contributed by atoms with Crippen molar-refractivity contribution in [2.45, 2.75) is 45.3 Å². The molecule has 1 aromatic carbocycles. The van der Waals surface area contributed by atoms with Crippen molar-refractivity contribution in [3.05, 3.63) is 50.1 Å². The summed E-state index contributed by atoms with van der Waals surface area (Å²) in [5.74, 6) is 0.0104. The Morgan fingerprint density at radius 3 is 2.67 bits per heavy atom. The van der Waals surface area contributed by atoms with Crippen LogP contribution in [0.15, 0.2) is 28.2 Å². The summed E-state index contributed by atoms with van der Waals surface area (Å²) in [6.07, 6.45) is 0.459. The number of aryl methyl sites for hydroxylation is 4. The summed E-state index contributed by atoms with van der Waals surface area (Å²) in [6.45, 7) is 7.84. The quantitative estimate of drug-likeness (QED) is 0.390. The van der Waals surface area contributed by atoms with Crippen LogP contribution in [0.25, 0.3) is 15.9 Å². The van der Waals surface area contributed by atoms with Gasteiger partial charge in [-0.2, -0.15) is 0 Å². The van der Waals surface area contributed by atoms with Crippen molar-refractivity contribution in [3.63, 3.8) is 0 Å². The highest BCUT2D eigenvalue weighted by Crippen LogP contribution is 2.30. The molecule has 0 N–H and O–H groups in total. The van der Waals surface area contributed by atoms with Gasteiger partial charge >= 0.3 is 0 Å². The molecule has 1 aliphatic rings. The lowest BCUT2D eigenvalue weighted by molar-refractivity contribution is -0.128. The fourth-order valence-electron chi connectivity index (χ4n) is 4.06. The number of aromatic nitrogens is 2. The number of sulfone groups is 1. The Bertz CT molecular complexity index is 1420. The van der Waals surface area contributed by atoms with Gasteiger partial charge in [0.15, 0.2) is 15.0 Å². The molecule has 1 amide bonds. The zero-order valence-electron chi connectivity index (χ0n) is 19.3. The molecule has 0 saturated carbocycles. The molecular formula is C23H27N3O4S3. The van der Waals surface area contributed by atoms with Crippen molar-refractivity contribution >= 4 is 49.1 Å². The predicted octanol–water partition coefficient (Wildman–Crippen LogP) is 3.42. The molecule has 10 heteroatoms. The fraction of sp³-hybridized carbons (Fsp3) is 0.435. The molecule has 1 atom stereocenters. The van der Waals surface area contributed by atoms with Crippen molar-refractivity contribution < 1.29 is 13.2 Å². The molecule has 3 aromatic rings. The number of amides is 1. The number of thiophene rings is 1.